The maximum atomic E-state index is 12.9. The van der Waals surface area contributed by atoms with Gasteiger partial charge in [-0.1, -0.05) is 25.1 Å². The molecule has 3 rings (SSSR count). The van der Waals surface area contributed by atoms with Gasteiger partial charge >= 0.3 is 0 Å². The van der Waals surface area contributed by atoms with Crippen LogP contribution < -0.4 is 15.5 Å². The van der Waals surface area contributed by atoms with Crippen LogP contribution in [0, 0.1) is 18.3 Å². The van der Waals surface area contributed by atoms with Crippen LogP contribution in [0.1, 0.15) is 68.3 Å². The number of hydrogen-bond acceptors (Lipinski definition) is 4. The fourth-order valence-electron chi connectivity index (χ4n) is 4.52. The molecule has 0 aromatic heterocycles. The molecule has 0 heterocycles. The van der Waals surface area contributed by atoms with Crippen LogP contribution in [0.5, 0.6) is 0 Å². The fourth-order valence-corrected chi connectivity index (χ4v) is 4.52. The Kier molecular flexibility index (Phi) is 8.54. The highest BCUT2D eigenvalue weighted by molar-refractivity contribution is 5.97. The van der Waals surface area contributed by atoms with Gasteiger partial charge in [0.15, 0.2) is 0 Å². The molecule has 0 saturated heterocycles. The molecule has 1 unspecified atom stereocenters. The molecular weight excluding hydrogens is 408 g/mol. The molecular formula is C28H36N4O. The number of carbonyl (C=O) groups excluding carboxylic acids is 1. The number of fused-ring (bicyclic) bond motifs is 1. The van der Waals surface area contributed by atoms with Crippen molar-refractivity contribution >= 4 is 17.3 Å². The van der Waals surface area contributed by atoms with Crippen LogP contribution in [0.2, 0.25) is 0 Å². The van der Waals surface area contributed by atoms with E-state index in [4.69, 9.17) is 0 Å². The minimum absolute atomic E-state index is 0.0682. The van der Waals surface area contributed by atoms with Crippen LogP contribution in [0.15, 0.2) is 48.2 Å². The Morgan fingerprint density at radius 1 is 1.09 bits per heavy atom. The second kappa shape index (κ2) is 11.6. The SMILES string of the molecule is CCC(NC(=O)/C(C#N)=C\Nc1ccc(N(CC)CC)cc1C)c1ccc2c(c1)CCCC2. The van der Waals surface area contributed by atoms with Crippen LogP contribution >= 0.6 is 0 Å². The largest absolute Gasteiger partial charge is 0.372 e. The molecule has 0 saturated carbocycles. The minimum Gasteiger partial charge on any atom is -0.372 e. The second-order valence-electron chi connectivity index (χ2n) is 8.66. The van der Waals surface area contributed by atoms with E-state index in [2.05, 4.69) is 66.6 Å². The summed E-state index contributed by atoms with van der Waals surface area (Å²) in [4.78, 5) is 15.2. The quantitative estimate of drug-likeness (QED) is 0.378. The third-order valence-electron chi connectivity index (χ3n) is 6.56. The number of anilines is 2. The van der Waals surface area contributed by atoms with Crippen LogP contribution in [-0.4, -0.2) is 19.0 Å². The van der Waals surface area contributed by atoms with Crippen molar-refractivity contribution in [2.45, 2.75) is 65.8 Å². The Morgan fingerprint density at radius 3 is 2.45 bits per heavy atom. The van der Waals surface area contributed by atoms with Crippen molar-refractivity contribution in [3.05, 3.63) is 70.4 Å². The van der Waals surface area contributed by atoms with Gasteiger partial charge in [-0.25, -0.2) is 0 Å². The number of rotatable bonds is 9. The lowest BCUT2D eigenvalue weighted by molar-refractivity contribution is -0.117. The number of nitriles is 1. The molecule has 0 bridgehead atoms. The first kappa shape index (κ1) is 24.4. The monoisotopic (exact) mass is 444 g/mol. The molecule has 2 aromatic carbocycles. The summed E-state index contributed by atoms with van der Waals surface area (Å²) in [5.41, 5.74) is 7.12. The maximum absolute atomic E-state index is 12.9. The van der Waals surface area contributed by atoms with Crippen LogP contribution in [0.25, 0.3) is 0 Å². The van der Waals surface area contributed by atoms with Crippen molar-refractivity contribution in [1.29, 1.82) is 5.26 Å². The lowest BCUT2D eigenvalue weighted by atomic mass is 9.88. The Hall–Kier alpha value is -3.26. The Morgan fingerprint density at radius 2 is 1.82 bits per heavy atom. The van der Waals surface area contributed by atoms with Gasteiger partial charge in [0.25, 0.3) is 5.91 Å². The van der Waals surface area contributed by atoms with Crippen molar-refractivity contribution < 1.29 is 4.79 Å². The average molecular weight is 445 g/mol. The van der Waals surface area contributed by atoms with Crippen molar-refractivity contribution in [3.8, 4) is 6.07 Å². The van der Waals surface area contributed by atoms with Crippen molar-refractivity contribution in [3.63, 3.8) is 0 Å². The van der Waals surface area contributed by atoms with E-state index in [-0.39, 0.29) is 17.5 Å². The first-order valence-electron chi connectivity index (χ1n) is 12.2. The van der Waals surface area contributed by atoms with Crippen molar-refractivity contribution in [2.24, 2.45) is 0 Å². The number of benzene rings is 2. The molecule has 0 fully saturated rings. The first-order valence-corrected chi connectivity index (χ1v) is 12.2. The first-order chi connectivity index (χ1) is 16.0. The number of hydrogen-bond donors (Lipinski definition) is 2. The summed E-state index contributed by atoms with van der Waals surface area (Å²) in [6.07, 6.45) is 6.99. The molecule has 174 valence electrons. The number of nitrogens with one attached hydrogen (secondary N) is 2. The van der Waals surface area contributed by atoms with Gasteiger partial charge in [-0.3, -0.25) is 4.79 Å². The highest BCUT2D eigenvalue weighted by Gasteiger charge is 2.18. The maximum Gasteiger partial charge on any atom is 0.263 e. The van der Waals surface area contributed by atoms with Gasteiger partial charge in [0.05, 0.1) is 6.04 Å². The molecule has 5 heteroatoms. The number of aryl methyl sites for hydroxylation is 3. The van der Waals surface area contributed by atoms with Gasteiger partial charge in [0.2, 0.25) is 0 Å². The Labute approximate surface area is 198 Å². The predicted molar refractivity (Wildman–Crippen MR) is 136 cm³/mol. The van der Waals surface area contributed by atoms with Crippen molar-refractivity contribution in [1.82, 2.24) is 5.32 Å². The van der Waals surface area contributed by atoms with E-state index in [1.165, 1.54) is 35.9 Å². The summed E-state index contributed by atoms with van der Waals surface area (Å²) >= 11 is 0. The van der Waals surface area contributed by atoms with E-state index < -0.39 is 0 Å². The van der Waals surface area contributed by atoms with Gasteiger partial charge < -0.3 is 15.5 Å². The smallest absolute Gasteiger partial charge is 0.263 e. The van der Waals surface area contributed by atoms with Crippen LogP contribution in [-0.2, 0) is 17.6 Å². The second-order valence-corrected chi connectivity index (χ2v) is 8.66. The van der Waals surface area contributed by atoms with E-state index in [1.807, 2.05) is 19.1 Å². The standard InChI is InChI=1S/C28H36N4O/c1-5-26(23-13-12-21-10-8-9-11-22(21)17-23)31-28(33)24(18-29)19-30-27-15-14-25(16-20(27)4)32(6-2)7-3/h12-17,19,26,30H,5-11H2,1-4H3,(H,31,33)/b24-19-. The average Bonchev–Trinajstić information content (AvgIpc) is 2.84. The molecule has 0 aliphatic heterocycles. The summed E-state index contributed by atoms with van der Waals surface area (Å²) in [6, 6.07) is 14.7. The topological polar surface area (TPSA) is 68.2 Å². The summed E-state index contributed by atoms with van der Waals surface area (Å²) in [6.45, 7) is 10.3. The molecule has 1 atom stereocenters. The third kappa shape index (κ3) is 5.96. The lowest BCUT2D eigenvalue weighted by Gasteiger charge is -2.22. The van der Waals surface area contributed by atoms with E-state index in [0.717, 1.165) is 49.2 Å². The molecule has 5 nitrogen and oxygen atoms in total. The molecule has 1 amide bonds. The molecule has 0 radical (unpaired) electrons. The van der Waals surface area contributed by atoms with Crippen LogP contribution in [0.3, 0.4) is 0 Å². The highest BCUT2D eigenvalue weighted by atomic mass is 16.1. The lowest BCUT2D eigenvalue weighted by Crippen LogP contribution is -2.29. The Bertz CT molecular complexity index is 1050. The molecule has 33 heavy (non-hydrogen) atoms. The predicted octanol–water partition coefficient (Wildman–Crippen LogP) is 5.81. The van der Waals surface area contributed by atoms with E-state index >= 15 is 0 Å². The molecule has 2 aromatic rings. The highest BCUT2D eigenvalue weighted by Crippen LogP contribution is 2.26. The van der Waals surface area contributed by atoms with Gasteiger partial charge in [0, 0.05) is 30.7 Å². The van der Waals surface area contributed by atoms with E-state index in [0.29, 0.717) is 0 Å². The normalized spacial score (nSPS) is 14.1. The molecule has 2 N–H and O–H groups in total. The zero-order valence-corrected chi connectivity index (χ0v) is 20.4. The van der Waals surface area contributed by atoms with Crippen LogP contribution in [0.4, 0.5) is 11.4 Å². The summed E-state index contributed by atoms with van der Waals surface area (Å²) in [7, 11) is 0. The third-order valence-corrected chi connectivity index (χ3v) is 6.56. The van der Waals surface area contributed by atoms with E-state index in [1.54, 1.807) is 0 Å². The number of nitrogens with zero attached hydrogens (tertiary/aromatic N) is 2. The zero-order valence-electron chi connectivity index (χ0n) is 20.4. The Balaban J connectivity index is 1.71. The fraction of sp³-hybridized carbons (Fsp3) is 0.429. The van der Waals surface area contributed by atoms with Gasteiger partial charge in [-0.2, -0.15) is 5.26 Å². The molecule has 0 spiro atoms. The van der Waals surface area contributed by atoms with Gasteiger partial charge in [-0.15, -0.1) is 0 Å². The van der Waals surface area contributed by atoms with E-state index in [9.17, 15) is 10.1 Å². The number of amides is 1. The molecule has 1 aliphatic carbocycles. The van der Waals surface area contributed by atoms with Gasteiger partial charge in [-0.05, 0) is 93.3 Å². The summed E-state index contributed by atoms with van der Waals surface area (Å²) in [5, 5.41) is 15.8. The summed E-state index contributed by atoms with van der Waals surface area (Å²) in [5.74, 6) is -0.355. The van der Waals surface area contributed by atoms with Crippen molar-refractivity contribution in [2.75, 3.05) is 23.3 Å². The summed E-state index contributed by atoms with van der Waals surface area (Å²) < 4.78 is 0. The molecule has 1 aliphatic rings. The minimum atomic E-state index is -0.355. The zero-order chi connectivity index (χ0) is 23.8. The number of carbonyl (C=O) groups is 1. The van der Waals surface area contributed by atoms with Gasteiger partial charge in [0.1, 0.15) is 11.6 Å².